The Morgan fingerprint density at radius 3 is 2.03 bits per heavy atom. The first kappa shape index (κ1) is 27.5. The van der Waals surface area contributed by atoms with Gasteiger partial charge in [-0.1, -0.05) is 83.9 Å². The van der Waals surface area contributed by atoms with Crippen LogP contribution in [-0.2, 0) is 10.0 Å². The van der Waals surface area contributed by atoms with Gasteiger partial charge in [-0.15, -0.1) is 0 Å². The summed E-state index contributed by atoms with van der Waals surface area (Å²) < 4.78 is 26.2. The number of amides is 2. The van der Waals surface area contributed by atoms with E-state index in [1.807, 2.05) is 12.1 Å². The number of hydrogen-bond donors (Lipinski definition) is 1. The molecule has 0 bridgehead atoms. The zero-order chi connectivity index (χ0) is 26.4. The van der Waals surface area contributed by atoms with Crippen LogP contribution in [0.15, 0.2) is 78.9 Å². The van der Waals surface area contributed by atoms with Crippen molar-refractivity contribution < 1.29 is 13.2 Å². The molecule has 1 N–H and O–H groups in total. The molecular formula is C28H31Cl2N3O3S. The van der Waals surface area contributed by atoms with E-state index in [0.29, 0.717) is 36.6 Å². The number of nitrogens with one attached hydrogen (secondary N) is 1. The van der Waals surface area contributed by atoms with Gasteiger partial charge in [-0.05, 0) is 55.1 Å². The van der Waals surface area contributed by atoms with Crippen molar-refractivity contribution in [3.05, 3.63) is 100 Å². The molecule has 0 saturated carbocycles. The normalized spacial score (nSPS) is 15.0. The summed E-state index contributed by atoms with van der Waals surface area (Å²) in [5.74, 6) is 0.282. The molecule has 0 aromatic heterocycles. The second kappa shape index (κ2) is 12.3. The maximum atomic E-state index is 13.0. The summed E-state index contributed by atoms with van der Waals surface area (Å²) in [5.41, 5.74) is 2.95. The van der Waals surface area contributed by atoms with Gasteiger partial charge in [0.2, 0.25) is 10.0 Å². The van der Waals surface area contributed by atoms with E-state index in [1.54, 1.807) is 12.1 Å². The highest BCUT2D eigenvalue weighted by atomic mass is 35.5. The minimum atomic E-state index is -3.77. The lowest BCUT2D eigenvalue weighted by Crippen LogP contribution is -2.51. The minimum Gasteiger partial charge on any atom is -0.307 e. The lowest BCUT2D eigenvalue weighted by molar-refractivity contribution is 0.162. The van der Waals surface area contributed by atoms with Crippen LogP contribution in [0.25, 0.3) is 0 Å². The molecule has 1 fully saturated rings. The van der Waals surface area contributed by atoms with Crippen molar-refractivity contribution in [2.45, 2.75) is 31.2 Å². The Bertz CT molecular complexity index is 1260. The molecule has 4 rings (SSSR count). The Hall–Kier alpha value is -2.58. The van der Waals surface area contributed by atoms with Crippen LogP contribution in [0.5, 0.6) is 0 Å². The summed E-state index contributed by atoms with van der Waals surface area (Å²) in [6, 6.07) is 24.6. The van der Waals surface area contributed by atoms with Gasteiger partial charge in [0.15, 0.2) is 0 Å². The average molecular weight is 561 g/mol. The fourth-order valence-corrected chi connectivity index (χ4v) is 6.32. The summed E-state index contributed by atoms with van der Waals surface area (Å²) in [4.78, 5) is 15.4. The molecule has 1 heterocycles. The predicted octanol–water partition coefficient (Wildman–Crippen LogP) is 6.47. The molecule has 0 radical (unpaired) electrons. The van der Waals surface area contributed by atoms with Gasteiger partial charge >= 0.3 is 6.03 Å². The SMILES string of the molecule is CS(=O)(=O)N(C(=O)Nc1ccc(Cl)c(Cl)c1)C1CCN(CCC(c2ccccc2)c2ccccc2)CC1. The van der Waals surface area contributed by atoms with Gasteiger partial charge in [0, 0.05) is 24.7 Å². The van der Waals surface area contributed by atoms with Gasteiger partial charge in [0.05, 0.1) is 22.3 Å². The van der Waals surface area contributed by atoms with E-state index in [1.165, 1.54) is 17.2 Å². The van der Waals surface area contributed by atoms with E-state index in [2.05, 4.69) is 58.7 Å². The van der Waals surface area contributed by atoms with Gasteiger partial charge in [0.25, 0.3) is 0 Å². The van der Waals surface area contributed by atoms with Crippen LogP contribution in [0.1, 0.15) is 36.3 Å². The van der Waals surface area contributed by atoms with Crippen LogP contribution < -0.4 is 5.32 Å². The van der Waals surface area contributed by atoms with Crippen LogP contribution in [0.2, 0.25) is 10.0 Å². The summed E-state index contributed by atoms with van der Waals surface area (Å²) in [5, 5.41) is 3.29. The quantitative estimate of drug-likeness (QED) is 0.343. The van der Waals surface area contributed by atoms with E-state index >= 15 is 0 Å². The summed E-state index contributed by atoms with van der Waals surface area (Å²) in [6.45, 7) is 2.32. The second-order valence-electron chi connectivity index (χ2n) is 9.35. The number of piperidine rings is 1. The smallest absolute Gasteiger partial charge is 0.307 e. The number of anilines is 1. The molecule has 0 atom stereocenters. The van der Waals surface area contributed by atoms with Crippen molar-refractivity contribution in [2.24, 2.45) is 0 Å². The monoisotopic (exact) mass is 559 g/mol. The van der Waals surface area contributed by atoms with Crippen LogP contribution >= 0.6 is 23.2 Å². The molecule has 6 nitrogen and oxygen atoms in total. The maximum Gasteiger partial charge on any atom is 0.335 e. The Balaban J connectivity index is 1.39. The molecule has 1 saturated heterocycles. The van der Waals surface area contributed by atoms with E-state index in [9.17, 15) is 13.2 Å². The molecule has 3 aromatic carbocycles. The number of benzene rings is 3. The van der Waals surface area contributed by atoms with Gasteiger partial charge in [-0.2, -0.15) is 0 Å². The molecule has 2 amide bonds. The summed E-state index contributed by atoms with van der Waals surface area (Å²) in [7, 11) is -3.77. The van der Waals surface area contributed by atoms with Crippen LogP contribution in [-0.4, -0.2) is 55.6 Å². The number of sulfonamides is 1. The molecule has 196 valence electrons. The first-order chi connectivity index (χ1) is 17.7. The first-order valence-electron chi connectivity index (χ1n) is 12.3. The number of hydrogen-bond acceptors (Lipinski definition) is 4. The highest BCUT2D eigenvalue weighted by Gasteiger charge is 2.34. The molecule has 1 aliphatic heterocycles. The second-order valence-corrected chi connectivity index (χ2v) is 12.0. The Kier molecular flexibility index (Phi) is 9.13. The van der Waals surface area contributed by atoms with Gasteiger partial charge in [0.1, 0.15) is 0 Å². The molecule has 3 aromatic rings. The van der Waals surface area contributed by atoms with Crippen LogP contribution in [0.4, 0.5) is 10.5 Å². The number of nitrogens with zero attached hydrogens (tertiary/aromatic N) is 2. The van der Waals surface area contributed by atoms with E-state index in [-0.39, 0.29) is 10.9 Å². The third-order valence-electron chi connectivity index (χ3n) is 6.75. The molecule has 1 aliphatic rings. The van der Waals surface area contributed by atoms with Crippen LogP contribution in [0.3, 0.4) is 0 Å². The Labute approximate surface area is 229 Å². The Morgan fingerprint density at radius 1 is 0.946 bits per heavy atom. The van der Waals surface area contributed by atoms with Crippen LogP contribution in [0, 0.1) is 0 Å². The van der Waals surface area contributed by atoms with Gasteiger partial charge in [-0.3, -0.25) is 0 Å². The van der Waals surface area contributed by atoms with Crippen molar-refractivity contribution >= 4 is 44.9 Å². The van der Waals surface area contributed by atoms with Gasteiger partial charge < -0.3 is 10.2 Å². The number of carbonyl (C=O) groups is 1. The van der Waals surface area contributed by atoms with Crippen molar-refractivity contribution in [1.29, 1.82) is 0 Å². The highest BCUT2D eigenvalue weighted by molar-refractivity contribution is 7.88. The predicted molar refractivity (Wildman–Crippen MR) is 151 cm³/mol. The lowest BCUT2D eigenvalue weighted by Gasteiger charge is -2.37. The fraction of sp³-hybridized carbons (Fsp3) is 0.321. The minimum absolute atomic E-state index is 0.281. The number of rotatable bonds is 8. The third kappa shape index (κ3) is 7.26. The number of carbonyl (C=O) groups excluding carboxylic acids is 1. The topological polar surface area (TPSA) is 69.7 Å². The zero-order valence-corrected chi connectivity index (χ0v) is 23.0. The highest BCUT2D eigenvalue weighted by Crippen LogP contribution is 2.30. The van der Waals surface area contributed by atoms with E-state index in [4.69, 9.17) is 23.2 Å². The van der Waals surface area contributed by atoms with Crippen molar-refractivity contribution in [3.8, 4) is 0 Å². The Morgan fingerprint density at radius 2 is 1.51 bits per heavy atom. The molecule has 9 heteroatoms. The molecule has 0 aliphatic carbocycles. The van der Waals surface area contributed by atoms with Crippen molar-refractivity contribution in [3.63, 3.8) is 0 Å². The summed E-state index contributed by atoms with van der Waals surface area (Å²) >= 11 is 12.0. The van der Waals surface area contributed by atoms with E-state index < -0.39 is 22.1 Å². The maximum absolute atomic E-state index is 13.0. The molecular weight excluding hydrogens is 529 g/mol. The van der Waals surface area contributed by atoms with E-state index in [0.717, 1.165) is 23.5 Å². The number of urea groups is 1. The lowest BCUT2D eigenvalue weighted by atomic mass is 9.88. The molecule has 0 spiro atoms. The first-order valence-corrected chi connectivity index (χ1v) is 14.9. The largest absolute Gasteiger partial charge is 0.335 e. The fourth-order valence-electron chi connectivity index (χ4n) is 4.93. The van der Waals surface area contributed by atoms with Crippen molar-refractivity contribution in [2.75, 3.05) is 31.2 Å². The van der Waals surface area contributed by atoms with Gasteiger partial charge in [-0.25, -0.2) is 17.5 Å². The van der Waals surface area contributed by atoms with Crippen molar-refractivity contribution in [1.82, 2.24) is 9.21 Å². The number of likely N-dealkylation sites (tertiary alicyclic amines) is 1. The summed E-state index contributed by atoms with van der Waals surface area (Å²) in [6.07, 6.45) is 3.16. The molecule has 37 heavy (non-hydrogen) atoms. The average Bonchev–Trinajstić information content (AvgIpc) is 2.88. The standard InChI is InChI=1S/C28H31Cl2N3O3S/c1-37(35,36)33(28(34)31-23-12-13-26(29)27(30)20-23)24-14-17-32(18-15-24)19-16-25(21-8-4-2-5-9-21)22-10-6-3-7-11-22/h2-13,20,24-25H,14-19H2,1H3,(H,31,34). The zero-order valence-electron chi connectivity index (χ0n) is 20.7. The molecule has 0 unspecified atom stereocenters. The number of halogens is 2. The third-order valence-corrected chi connectivity index (χ3v) is 8.67.